The van der Waals surface area contributed by atoms with E-state index in [0.29, 0.717) is 18.3 Å². The molecule has 1 saturated heterocycles. The van der Waals surface area contributed by atoms with Crippen molar-refractivity contribution in [1.82, 2.24) is 10.1 Å². The first-order valence-corrected chi connectivity index (χ1v) is 6.22. The summed E-state index contributed by atoms with van der Waals surface area (Å²) in [4.78, 5) is 6.46. The highest BCUT2D eigenvalue weighted by atomic mass is 16.5. The molecule has 1 fully saturated rings. The van der Waals surface area contributed by atoms with E-state index < -0.39 is 6.10 Å². The normalized spacial score (nSPS) is 18.7. The molecule has 0 amide bonds. The minimum absolute atomic E-state index is 0.164. The molecule has 96 valence electrons. The fraction of sp³-hybridized carbons (Fsp3) is 0.833. The monoisotopic (exact) mass is 239 g/mol. The standard InChI is InChI=1S/C12H21N3O2/c1-12(2,3)9(16)8-10-13-11(14-17-10)15-6-4-5-7-15/h9,16H,4-8H2,1-3H3. The zero-order chi connectivity index (χ0) is 12.5. The van der Waals surface area contributed by atoms with Gasteiger partial charge in [-0.3, -0.25) is 0 Å². The van der Waals surface area contributed by atoms with Gasteiger partial charge in [0.05, 0.1) is 12.5 Å². The van der Waals surface area contributed by atoms with Gasteiger partial charge in [-0.05, 0) is 23.4 Å². The van der Waals surface area contributed by atoms with Crippen LogP contribution in [0.4, 0.5) is 5.95 Å². The van der Waals surface area contributed by atoms with Crippen molar-refractivity contribution >= 4 is 5.95 Å². The number of hydrogen-bond acceptors (Lipinski definition) is 5. The number of hydrogen-bond donors (Lipinski definition) is 1. The second kappa shape index (κ2) is 4.64. The molecule has 0 radical (unpaired) electrons. The predicted molar refractivity (Wildman–Crippen MR) is 64.9 cm³/mol. The first-order chi connectivity index (χ1) is 7.97. The second-order valence-corrected chi connectivity index (χ2v) is 5.77. The summed E-state index contributed by atoms with van der Waals surface area (Å²) in [6, 6.07) is 0. The molecule has 1 atom stereocenters. The summed E-state index contributed by atoms with van der Waals surface area (Å²) in [5, 5.41) is 13.9. The number of aliphatic hydroxyl groups is 1. The van der Waals surface area contributed by atoms with Gasteiger partial charge in [-0.15, -0.1) is 0 Å². The molecule has 0 saturated carbocycles. The number of aliphatic hydroxyl groups excluding tert-OH is 1. The lowest BCUT2D eigenvalue weighted by atomic mass is 9.87. The van der Waals surface area contributed by atoms with Gasteiger partial charge in [-0.25, -0.2) is 0 Å². The Morgan fingerprint density at radius 1 is 1.35 bits per heavy atom. The van der Waals surface area contributed by atoms with Crippen molar-refractivity contribution in [2.24, 2.45) is 5.41 Å². The van der Waals surface area contributed by atoms with Crippen LogP contribution in [0.3, 0.4) is 0 Å². The average molecular weight is 239 g/mol. The molecule has 0 aromatic carbocycles. The third-order valence-corrected chi connectivity index (χ3v) is 3.21. The molecule has 1 aliphatic heterocycles. The summed E-state index contributed by atoms with van der Waals surface area (Å²) in [6.07, 6.45) is 2.34. The third-order valence-electron chi connectivity index (χ3n) is 3.21. The fourth-order valence-corrected chi connectivity index (χ4v) is 1.85. The molecule has 1 N–H and O–H groups in total. The lowest BCUT2D eigenvalue weighted by Gasteiger charge is -2.24. The van der Waals surface area contributed by atoms with Crippen LogP contribution in [-0.2, 0) is 6.42 Å². The van der Waals surface area contributed by atoms with Crippen LogP contribution in [0.15, 0.2) is 4.52 Å². The van der Waals surface area contributed by atoms with Crippen LogP contribution in [0.5, 0.6) is 0 Å². The number of rotatable bonds is 3. The first kappa shape index (κ1) is 12.4. The van der Waals surface area contributed by atoms with Crippen LogP contribution in [0.1, 0.15) is 39.5 Å². The van der Waals surface area contributed by atoms with Crippen molar-refractivity contribution in [2.45, 2.75) is 46.1 Å². The molecule has 2 rings (SSSR count). The Kier molecular flexibility index (Phi) is 3.38. The molecule has 0 aliphatic carbocycles. The van der Waals surface area contributed by atoms with Gasteiger partial charge in [0.15, 0.2) is 0 Å². The smallest absolute Gasteiger partial charge is 0.266 e. The van der Waals surface area contributed by atoms with Gasteiger partial charge < -0.3 is 14.5 Å². The van der Waals surface area contributed by atoms with Crippen LogP contribution in [0, 0.1) is 5.41 Å². The van der Waals surface area contributed by atoms with Crippen LogP contribution in [0.25, 0.3) is 0 Å². The lowest BCUT2D eigenvalue weighted by Crippen LogP contribution is -2.28. The van der Waals surface area contributed by atoms with E-state index in [0.717, 1.165) is 13.1 Å². The number of aromatic nitrogens is 2. The van der Waals surface area contributed by atoms with Crippen molar-refractivity contribution < 1.29 is 9.63 Å². The van der Waals surface area contributed by atoms with E-state index in [9.17, 15) is 5.11 Å². The van der Waals surface area contributed by atoms with E-state index in [4.69, 9.17) is 4.52 Å². The minimum Gasteiger partial charge on any atom is -0.392 e. The summed E-state index contributed by atoms with van der Waals surface area (Å²) in [7, 11) is 0. The molecule has 1 unspecified atom stereocenters. The van der Waals surface area contributed by atoms with Gasteiger partial charge in [-0.1, -0.05) is 20.8 Å². The van der Waals surface area contributed by atoms with Crippen molar-refractivity contribution in [2.75, 3.05) is 18.0 Å². The van der Waals surface area contributed by atoms with Gasteiger partial charge in [0.1, 0.15) is 0 Å². The van der Waals surface area contributed by atoms with Crippen molar-refractivity contribution in [3.63, 3.8) is 0 Å². The molecule has 5 heteroatoms. The molecule has 1 aromatic rings. The molecule has 0 bridgehead atoms. The minimum atomic E-state index is -0.464. The van der Waals surface area contributed by atoms with Crippen LogP contribution in [-0.4, -0.2) is 34.4 Å². The summed E-state index contributed by atoms with van der Waals surface area (Å²) in [6.45, 7) is 7.99. The van der Waals surface area contributed by atoms with Crippen LogP contribution < -0.4 is 4.90 Å². The topological polar surface area (TPSA) is 62.4 Å². The predicted octanol–water partition coefficient (Wildman–Crippen LogP) is 1.62. The van der Waals surface area contributed by atoms with Gasteiger partial charge in [-0.2, -0.15) is 4.98 Å². The third kappa shape index (κ3) is 2.97. The first-order valence-electron chi connectivity index (χ1n) is 6.22. The van der Waals surface area contributed by atoms with Gasteiger partial charge in [0, 0.05) is 13.1 Å². The van der Waals surface area contributed by atoms with Gasteiger partial charge >= 0.3 is 0 Å². The Bertz CT molecular complexity index is 364. The summed E-state index contributed by atoms with van der Waals surface area (Å²) in [5.41, 5.74) is -0.164. The Balaban J connectivity index is 1.98. The van der Waals surface area contributed by atoms with E-state index in [2.05, 4.69) is 15.0 Å². The Hall–Kier alpha value is -1.10. The van der Waals surface area contributed by atoms with Gasteiger partial charge in [0.2, 0.25) is 5.89 Å². The Morgan fingerprint density at radius 3 is 2.59 bits per heavy atom. The van der Waals surface area contributed by atoms with Crippen molar-refractivity contribution in [1.29, 1.82) is 0 Å². The maximum absolute atomic E-state index is 9.97. The SMILES string of the molecule is CC(C)(C)C(O)Cc1nc(N2CCCC2)no1. The fourth-order valence-electron chi connectivity index (χ4n) is 1.85. The summed E-state index contributed by atoms with van der Waals surface area (Å²) in [5.74, 6) is 1.19. The zero-order valence-corrected chi connectivity index (χ0v) is 10.8. The average Bonchev–Trinajstić information content (AvgIpc) is 2.83. The Morgan fingerprint density at radius 2 is 2.00 bits per heavy atom. The summed E-state index contributed by atoms with van der Waals surface area (Å²) < 4.78 is 5.18. The van der Waals surface area contributed by atoms with E-state index >= 15 is 0 Å². The number of anilines is 1. The maximum atomic E-state index is 9.97. The molecule has 1 aromatic heterocycles. The molecular formula is C12H21N3O2. The largest absolute Gasteiger partial charge is 0.392 e. The lowest BCUT2D eigenvalue weighted by molar-refractivity contribution is 0.0565. The molecule has 2 heterocycles. The molecule has 5 nitrogen and oxygen atoms in total. The molecular weight excluding hydrogens is 218 g/mol. The quantitative estimate of drug-likeness (QED) is 0.868. The van der Waals surface area contributed by atoms with E-state index in [1.54, 1.807) is 0 Å². The molecule has 17 heavy (non-hydrogen) atoms. The van der Waals surface area contributed by atoms with Crippen molar-refractivity contribution in [3.8, 4) is 0 Å². The van der Waals surface area contributed by atoms with E-state index in [-0.39, 0.29) is 5.41 Å². The highest BCUT2D eigenvalue weighted by Gasteiger charge is 2.25. The van der Waals surface area contributed by atoms with E-state index in [1.165, 1.54) is 12.8 Å². The molecule has 0 spiro atoms. The van der Waals surface area contributed by atoms with Gasteiger partial charge in [0.25, 0.3) is 5.95 Å². The second-order valence-electron chi connectivity index (χ2n) is 5.77. The highest BCUT2D eigenvalue weighted by Crippen LogP contribution is 2.23. The van der Waals surface area contributed by atoms with Crippen molar-refractivity contribution in [3.05, 3.63) is 5.89 Å². The van der Waals surface area contributed by atoms with Crippen LogP contribution >= 0.6 is 0 Å². The number of nitrogens with zero attached hydrogens (tertiary/aromatic N) is 3. The van der Waals surface area contributed by atoms with Crippen LogP contribution in [0.2, 0.25) is 0 Å². The Labute approximate surface area is 102 Å². The zero-order valence-electron chi connectivity index (χ0n) is 10.8. The molecule has 1 aliphatic rings. The summed E-state index contributed by atoms with van der Waals surface area (Å²) >= 11 is 0. The maximum Gasteiger partial charge on any atom is 0.266 e. The van der Waals surface area contributed by atoms with E-state index in [1.807, 2.05) is 20.8 Å². The highest BCUT2D eigenvalue weighted by molar-refractivity contribution is 5.28.